The van der Waals surface area contributed by atoms with E-state index in [-0.39, 0.29) is 12.5 Å². The Morgan fingerprint density at radius 2 is 1.72 bits per heavy atom. The molecule has 2 rings (SSSR count). The Labute approximate surface area is 148 Å². The average Bonchev–Trinajstić information content (AvgIpc) is 2.62. The van der Waals surface area contributed by atoms with Crippen LogP contribution in [0.1, 0.15) is 29.3 Å². The van der Waals surface area contributed by atoms with Gasteiger partial charge in [-0.3, -0.25) is 9.69 Å². The van der Waals surface area contributed by atoms with Crippen molar-refractivity contribution in [3.05, 3.63) is 65.7 Å². The van der Waals surface area contributed by atoms with E-state index in [0.29, 0.717) is 17.8 Å². The van der Waals surface area contributed by atoms with Gasteiger partial charge in [0, 0.05) is 6.54 Å². The highest BCUT2D eigenvalue weighted by Gasteiger charge is 2.15. The Balaban J connectivity index is 2.03. The predicted octanol–water partition coefficient (Wildman–Crippen LogP) is 3.32. The lowest BCUT2D eigenvalue weighted by Gasteiger charge is -2.21. The van der Waals surface area contributed by atoms with Crippen molar-refractivity contribution >= 4 is 17.6 Å². The Bertz CT molecular complexity index is 701. The summed E-state index contributed by atoms with van der Waals surface area (Å²) in [6.45, 7) is 3.88. The van der Waals surface area contributed by atoms with Gasteiger partial charge < -0.3 is 10.1 Å². The van der Waals surface area contributed by atoms with Gasteiger partial charge in [-0.25, -0.2) is 4.79 Å². The molecule has 0 saturated heterocycles. The number of ether oxygens (including phenoxy) is 1. The first-order valence-corrected chi connectivity index (χ1v) is 8.37. The van der Waals surface area contributed by atoms with Crippen molar-refractivity contribution in [3.63, 3.8) is 0 Å². The quantitative estimate of drug-likeness (QED) is 0.749. The number of para-hydroxylation sites is 1. The number of anilines is 1. The monoisotopic (exact) mass is 340 g/mol. The fraction of sp³-hybridized carbons (Fsp3) is 0.300. The van der Waals surface area contributed by atoms with Crippen LogP contribution in [0.4, 0.5) is 5.69 Å². The Kier molecular flexibility index (Phi) is 7.16. The lowest BCUT2D eigenvalue weighted by molar-refractivity contribution is -0.117. The molecule has 0 unspecified atom stereocenters. The number of methoxy groups -OCH3 is 1. The van der Waals surface area contributed by atoms with E-state index in [1.807, 2.05) is 30.3 Å². The SMILES string of the molecule is CCCN(CC(=O)Nc1ccccc1C(=O)OC)Cc1ccccc1. The molecule has 2 aromatic carbocycles. The maximum absolute atomic E-state index is 12.4. The molecule has 0 saturated carbocycles. The largest absolute Gasteiger partial charge is 0.465 e. The fourth-order valence-electron chi connectivity index (χ4n) is 2.64. The molecule has 132 valence electrons. The van der Waals surface area contributed by atoms with Gasteiger partial charge in [-0.1, -0.05) is 49.4 Å². The Hall–Kier alpha value is -2.66. The molecule has 0 fully saturated rings. The first kappa shape index (κ1) is 18.7. The van der Waals surface area contributed by atoms with Crippen LogP contribution < -0.4 is 5.32 Å². The number of rotatable bonds is 8. The molecule has 1 N–H and O–H groups in total. The molecule has 0 bridgehead atoms. The smallest absolute Gasteiger partial charge is 0.339 e. The number of nitrogens with zero attached hydrogens (tertiary/aromatic N) is 1. The van der Waals surface area contributed by atoms with E-state index < -0.39 is 5.97 Å². The summed E-state index contributed by atoms with van der Waals surface area (Å²) in [5.41, 5.74) is 1.98. The summed E-state index contributed by atoms with van der Waals surface area (Å²) in [5, 5.41) is 2.82. The third-order valence-electron chi connectivity index (χ3n) is 3.76. The number of carbonyl (C=O) groups excluding carboxylic acids is 2. The molecule has 5 nitrogen and oxygen atoms in total. The van der Waals surface area contributed by atoms with Crippen molar-refractivity contribution in [2.24, 2.45) is 0 Å². The molecule has 25 heavy (non-hydrogen) atoms. The van der Waals surface area contributed by atoms with Gasteiger partial charge in [-0.05, 0) is 30.7 Å². The standard InChI is InChI=1S/C20H24N2O3/c1-3-13-22(14-16-9-5-4-6-10-16)15-19(23)21-18-12-8-7-11-17(18)20(24)25-2/h4-12H,3,13-15H2,1-2H3,(H,21,23). The van der Waals surface area contributed by atoms with Crippen LogP contribution in [0.3, 0.4) is 0 Å². The highest BCUT2D eigenvalue weighted by molar-refractivity contribution is 6.01. The number of hydrogen-bond donors (Lipinski definition) is 1. The van der Waals surface area contributed by atoms with Gasteiger partial charge >= 0.3 is 5.97 Å². The van der Waals surface area contributed by atoms with E-state index in [0.717, 1.165) is 13.0 Å². The van der Waals surface area contributed by atoms with E-state index in [1.54, 1.807) is 24.3 Å². The summed E-state index contributed by atoms with van der Waals surface area (Å²) >= 11 is 0. The number of carbonyl (C=O) groups is 2. The molecule has 0 spiro atoms. The molecule has 0 aliphatic rings. The zero-order chi connectivity index (χ0) is 18.1. The van der Waals surface area contributed by atoms with Gasteiger partial charge in [0.1, 0.15) is 0 Å². The van der Waals surface area contributed by atoms with Crippen LogP contribution in [-0.2, 0) is 16.1 Å². The molecule has 1 amide bonds. The fourth-order valence-corrected chi connectivity index (χ4v) is 2.64. The maximum atomic E-state index is 12.4. The van der Waals surface area contributed by atoms with E-state index in [4.69, 9.17) is 4.74 Å². The van der Waals surface area contributed by atoms with Gasteiger partial charge in [-0.2, -0.15) is 0 Å². The number of hydrogen-bond acceptors (Lipinski definition) is 4. The minimum absolute atomic E-state index is 0.152. The first-order chi connectivity index (χ1) is 12.1. The van der Waals surface area contributed by atoms with Gasteiger partial charge in [0.25, 0.3) is 0 Å². The minimum atomic E-state index is -0.467. The van der Waals surface area contributed by atoms with Gasteiger partial charge in [0.05, 0.1) is 24.9 Å². The van der Waals surface area contributed by atoms with Crippen LogP contribution >= 0.6 is 0 Å². The second-order valence-electron chi connectivity index (χ2n) is 5.78. The number of amides is 1. The number of esters is 1. The third kappa shape index (κ3) is 5.72. The lowest BCUT2D eigenvalue weighted by Crippen LogP contribution is -2.33. The van der Waals surface area contributed by atoms with E-state index >= 15 is 0 Å². The second kappa shape index (κ2) is 9.59. The highest BCUT2D eigenvalue weighted by atomic mass is 16.5. The summed E-state index contributed by atoms with van der Waals surface area (Å²) in [6, 6.07) is 16.9. The van der Waals surface area contributed by atoms with Crippen LogP contribution in [0, 0.1) is 0 Å². The van der Waals surface area contributed by atoms with E-state index in [2.05, 4.69) is 17.1 Å². The third-order valence-corrected chi connectivity index (χ3v) is 3.76. The zero-order valence-corrected chi connectivity index (χ0v) is 14.7. The molecule has 5 heteroatoms. The summed E-state index contributed by atoms with van der Waals surface area (Å²) in [4.78, 5) is 26.3. The van der Waals surface area contributed by atoms with Crippen molar-refractivity contribution in [1.82, 2.24) is 4.90 Å². The molecule has 0 heterocycles. The molecule has 2 aromatic rings. The summed E-state index contributed by atoms with van der Waals surface area (Å²) < 4.78 is 4.76. The highest BCUT2D eigenvalue weighted by Crippen LogP contribution is 2.16. The molecule has 0 radical (unpaired) electrons. The molecule has 0 atom stereocenters. The Morgan fingerprint density at radius 3 is 2.40 bits per heavy atom. The zero-order valence-electron chi connectivity index (χ0n) is 14.7. The minimum Gasteiger partial charge on any atom is -0.465 e. The molecular formula is C20H24N2O3. The van der Waals surface area contributed by atoms with Crippen molar-refractivity contribution in [2.75, 3.05) is 25.5 Å². The lowest BCUT2D eigenvalue weighted by atomic mass is 10.1. The Morgan fingerprint density at radius 1 is 1.04 bits per heavy atom. The molecular weight excluding hydrogens is 316 g/mol. The van der Waals surface area contributed by atoms with Crippen LogP contribution in [-0.4, -0.2) is 37.0 Å². The van der Waals surface area contributed by atoms with Crippen molar-refractivity contribution in [2.45, 2.75) is 19.9 Å². The van der Waals surface area contributed by atoms with Crippen LogP contribution in [0.2, 0.25) is 0 Å². The van der Waals surface area contributed by atoms with E-state index in [9.17, 15) is 9.59 Å². The topological polar surface area (TPSA) is 58.6 Å². The normalized spacial score (nSPS) is 10.5. The van der Waals surface area contributed by atoms with E-state index in [1.165, 1.54) is 12.7 Å². The average molecular weight is 340 g/mol. The summed E-state index contributed by atoms with van der Waals surface area (Å²) in [5.74, 6) is -0.619. The van der Waals surface area contributed by atoms with Crippen molar-refractivity contribution in [3.8, 4) is 0 Å². The predicted molar refractivity (Wildman–Crippen MR) is 98.4 cm³/mol. The summed E-state index contributed by atoms with van der Waals surface area (Å²) in [6.07, 6.45) is 0.957. The molecule has 0 aromatic heterocycles. The maximum Gasteiger partial charge on any atom is 0.339 e. The molecule has 0 aliphatic carbocycles. The van der Waals surface area contributed by atoms with Gasteiger partial charge in [-0.15, -0.1) is 0 Å². The van der Waals surface area contributed by atoms with Crippen LogP contribution in [0.15, 0.2) is 54.6 Å². The number of benzene rings is 2. The van der Waals surface area contributed by atoms with Crippen molar-refractivity contribution < 1.29 is 14.3 Å². The van der Waals surface area contributed by atoms with Crippen LogP contribution in [0.5, 0.6) is 0 Å². The summed E-state index contributed by atoms with van der Waals surface area (Å²) in [7, 11) is 1.32. The van der Waals surface area contributed by atoms with Gasteiger partial charge in [0.15, 0.2) is 0 Å². The first-order valence-electron chi connectivity index (χ1n) is 8.37. The van der Waals surface area contributed by atoms with Crippen LogP contribution in [0.25, 0.3) is 0 Å². The van der Waals surface area contributed by atoms with Gasteiger partial charge in [0.2, 0.25) is 5.91 Å². The molecule has 0 aliphatic heterocycles. The second-order valence-corrected chi connectivity index (χ2v) is 5.78. The van der Waals surface area contributed by atoms with Crippen molar-refractivity contribution in [1.29, 1.82) is 0 Å². The number of nitrogens with one attached hydrogen (secondary N) is 1.